The van der Waals surface area contributed by atoms with Gasteiger partial charge in [0.15, 0.2) is 18.1 Å². The summed E-state index contributed by atoms with van der Waals surface area (Å²) in [6, 6.07) is 12.8. The number of carbonyl (C=O) groups is 1. The van der Waals surface area contributed by atoms with E-state index in [-0.39, 0.29) is 6.61 Å². The number of rotatable bonds is 8. The molecule has 5 nitrogen and oxygen atoms in total. The summed E-state index contributed by atoms with van der Waals surface area (Å²) in [5.41, 5.74) is 1.17. The lowest BCUT2D eigenvalue weighted by atomic mass is 10.2. The van der Waals surface area contributed by atoms with Crippen LogP contribution in [0.1, 0.15) is 17.1 Å². The second kappa shape index (κ2) is 9.80. The highest BCUT2D eigenvalue weighted by atomic mass is 32.2. The third kappa shape index (κ3) is 5.49. The highest BCUT2D eigenvalue weighted by Crippen LogP contribution is 2.46. The molecule has 27 heavy (non-hydrogen) atoms. The summed E-state index contributed by atoms with van der Waals surface area (Å²) < 4.78 is 22.1. The molecule has 2 aromatic rings. The Kier molecular flexibility index (Phi) is 7.18. The molecule has 0 unspecified atom stereocenters. The first kappa shape index (κ1) is 19.8. The van der Waals surface area contributed by atoms with Crippen LogP contribution in [-0.2, 0) is 4.79 Å². The van der Waals surface area contributed by atoms with Crippen molar-refractivity contribution in [2.24, 2.45) is 0 Å². The Morgan fingerprint density at radius 1 is 1.00 bits per heavy atom. The van der Waals surface area contributed by atoms with Gasteiger partial charge in [-0.2, -0.15) is 0 Å². The molecule has 0 bridgehead atoms. The summed E-state index contributed by atoms with van der Waals surface area (Å²) in [6.45, 7) is 2.34. The quantitative estimate of drug-likeness (QED) is 0.471. The molecule has 1 fully saturated rings. The maximum atomic E-state index is 12.1. The van der Waals surface area contributed by atoms with Gasteiger partial charge in [0.05, 0.1) is 18.3 Å². The summed E-state index contributed by atoms with van der Waals surface area (Å²) in [4.78, 5) is 12.1. The van der Waals surface area contributed by atoms with Gasteiger partial charge in [-0.25, -0.2) is 4.79 Å². The van der Waals surface area contributed by atoms with Crippen molar-refractivity contribution in [2.45, 2.75) is 11.5 Å². The van der Waals surface area contributed by atoms with E-state index >= 15 is 0 Å². The summed E-state index contributed by atoms with van der Waals surface area (Å²) >= 11 is 3.83. The van der Waals surface area contributed by atoms with Gasteiger partial charge in [-0.15, -0.1) is 23.5 Å². The molecule has 0 amide bonds. The van der Waals surface area contributed by atoms with Crippen molar-refractivity contribution in [2.75, 3.05) is 31.8 Å². The summed E-state index contributed by atoms with van der Waals surface area (Å²) in [5, 5.41) is 0. The zero-order chi connectivity index (χ0) is 19.1. The number of methoxy groups -OCH3 is 1. The van der Waals surface area contributed by atoms with Gasteiger partial charge in [-0.05, 0) is 48.9 Å². The van der Waals surface area contributed by atoms with Crippen LogP contribution in [0.3, 0.4) is 0 Å². The van der Waals surface area contributed by atoms with Gasteiger partial charge in [0.2, 0.25) is 0 Å². The number of esters is 1. The maximum absolute atomic E-state index is 12.1. The van der Waals surface area contributed by atoms with E-state index in [2.05, 4.69) is 0 Å². The first-order chi connectivity index (χ1) is 13.2. The topological polar surface area (TPSA) is 54.0 Å². The van der Waals surface area contributed by atoms with E-state index in [1.165, 1.54) is 5.56 Å². The molecule has 0 aromatic heterocycles. The summed E-state index contributed by atoms with van der Waals surface area (Å²) in [5.74, 6) is 4.10. The van der Waals surface area contributed by atoms with Crippen molar-refractivity contribution >= 4 is 29.5 Å². The second-order valence-electron chi connectivity index (χ2n) is 5.65. The monoisotopic (exact) mass is 406 g/mol. The molecule has 3 rings (SSSR count). The van der Waals surface area contributed by atoms with E-state index in [4.69, 9.17) is 18.9 Å². The van der Waals surface area contributed by atoms with Crippen LogP contribution in [-0.4, -0.2) is 37.8 Å². The van der Waals surface area contributed by atoms with Crippen molar-refractivity contribution in [1.82, 2.24) is 0 Å². The smallest absolute Gasteiger partial charge is 0.349 e. The highest BCUT2D eigenvalue weighted by Gasteiger charge is 2.20. The Morgan fingerprint density at radius 3 is 2.30 bits per heavy atom. The van der Waals surface area contributed by atoms with Gasteiger partial charge in [0.1, 0.15) is 11.5 Å². The molecule has 7 heteroatoms. The Bertz CT molecular complexity index is 757. The average molecular weight is 407 g/mol. The molecule has 1 aliphatic rings. The largest absolute Gasteiger partial charge is 0.494 e. The van der Waals surface area contributed by atoms with Crippen LogP contribution in [0.5, 0.6) is 23.0 Å². The van der Waals surface area contributed by atoms with E-state index in [1.807, 2.05) is 42.6 Å². The minimum absolute atomic E-state index is 0.187. The lowest BCUT2D eigenvalue weighted by Gasteiger charge is -2.14. The second-order valence-corrected chi connectivity index (χ2v) is 8.38. The molecule has 144 valence electrons. The van der Waals surface area contributed by atoms with Gasteiger partial charge in [0.25, 0.3) is 0 Å². The molecule has 1 saturated heterocycles. The van der Waals surface area contributed by atoms with Gasteiger partial charge in [-0.3, -0.25) is 0 Å². The van der Waals surface area contributed by atoms with Gasteiger partial charge >= 0.3 is 5.97 Å². The fourth-order valence-electron chi connectivity index (χ4n) is 2.56. The first-order valence-corrected chi connectivity index (χ1v) is 10.8. The first-order valence-electron chi connectivity index (χ1n) is 8.67. The fraction of sp³-hybridized carbons (Fsp3) is 0.350. The van der Waals surface area contributed by atoms with Crippen LogP contribution in [0.2, 0.25) is 0 Å². The third-order valence-electron chi connectivity index (χ3n) is 3.80. The minimum Gasteiger partial charge on any atom is -0.494 e. The van der Waals surface area contributed by atoms with E-state index < -0.39 is 5.97 Å². The van der Waals surface area contributed by atoms with Crippen molar-refractivity contribution in [3.63, 3.8) is 0 Å². The Morgan fingerprint density at radius 2 is 1.67 bits per heavy atom. The van der Waals surface area contributed by atoms with Gasteiger partial charge < -0.3 is 18.9 Å². The zero-order valence-electron chi connectivity index (χ0n) is 15.3. The van der Waals surface area contributed by atoms with Crippen LogP contribution in [0, 0.1) is 0 Å². The summed E-state index contributed by atoms with van der Waals surface area (Å²) in [7, 11) is 1.57. The summed E-state index contributed by atoms with van der Waals surface area (Å²) in [6.07, 6.45) is 0. The number of carbonyl (C=O) groups excluding carboxylic acids is 1. The predicted molar refractivity (Wildman–Crippen MR) is 109 cm³/mol. The van der Waals surface area contributed by atoms with Crippen LogP contribution >= 0.6 is 23.5 Å². The predicted octanol–water partition coefficient (Wildman–Crippen LogP) is 4.56. The van der Waals surface area contributed by atoms with Crippen molar-refractivity contribution in [1.29, 1.82) is 0 Å². The molecule has 0 spiro atoms. The Balaban J connectivity index is 1.56. The Labute approximate surface area is 167 Å². The van der Waals surface area contributed by atoms with Crippen molar-refractivity contribution in [3.8, 4) is 23.0 Å². The van der Waals surface area contributed by atoms with Crippen LogP contribution in [0.15, 0.2) is 42.5 Å². The van der Waals surface area contributed by atoms with E-state index in [9.17, 15) is 4.79 Å². The zero-order valence-corrected chi connectivity index (χ0v) is 16.9. The molecule has 0 atom stereocenters. The molecule has 1 heterocycles. The minimum atomic E-state index is -0.487. The fourth-order valence-corrected chi connectivity index (χ4v) is 5.40. The lowest BCUT2D eigenvalue weighted by Crippen LogP contribution is -2.18. The average Bonchev–Trinajstić information content (AvgIpc) is 3.23. The van der Waals surface area contributed by atoms with E-state index in [0.29, 0.717) is 28.4 Å². The molecule has 2 aromatic carbocycles. The van der Waals surface area contributed by atoms with Crippen LogP contribution in [0.25, 0.3) is 0 Å². The number of benzene rings is 2. The van der Waals surface area contributed by atoms with Gasteiger partial charge in [-0.1, -0.05) is 6.07 Å². The van der Waals surface area contributed by atoms with Crippen molar-refractivity contribution in [3.05, 3.63) is 48.0 Å². The SMILES string of the molecule is CCOc1ccc(OCC(=O)Oc2ccc(C3SCCS3)cc2OC)cc1. The molecule has 0 aliphatic carbocycles. The standard InChI is InChI=1S/C20H22O5S2/c1-3-23-15-5-7-16(8-6-15)24-13-19(21)25-17-9-4-14(12-18(17)22-2)20-26-10-11-27-20/h4-9,12,20H,3,10-11,13H2,1-2H3. The van der Waals surface area contributed by atoms with E-state index in [0.717, 1.165) is 17.3 Å². The molecular formula is C20H22O5S2. The van der Waals surface area contributed by atoms with Crippen molar-refractivity contribution < 1.29 is 23.7 Å². The molecular weight excluding hydrogens is 384 g/mol. The normalized spacial score (nSPS) is 14.0. The van der Waals surface area contributed by atoms with Gasteiger partial charge in [0, 0.05) is 11.5 Å². The number of hydrogen-bond acceptors (Lipinski definition) is 7. The van der Waals surface area contributed by atoms with Crippen LogP contribution in [0.4, 0.5) is 0 Å². The molecule has 0 N–H and O–H groups in total. The maximum Gasteiger partial charge on any atom is 0.349 e. The Hall–Kier alpha value is -1.99. The highest BCUT2D eigenvalue weighted by molar-refractivity contribution is 8.19. The number of ether oxygens (including phenoxy) is 4. The molecule has 0 saturated carbocycles. The lowest BCUT2D eigenvalue weighted by molar-refractivity contribution is -0.136. The third-order valence-corrected chi connectivity index (χ3v) is 6.90. The van der Waals surface area contributed by atoms with Crippen LogP contribution < -0.4 is 18.9 Å². The van der Waals surface area contributed by atoms with E-state index in [1.54, 1.807) is 37.4 Å². The molecule has 0 radical (unpaired) electrons. The number of thioether (sulfide) groups is 2. The molecule has 1 aliphatic heterocycles. The number of hydrogen-bond donors (Lipinski definition) is 0.